The van der Waals surface area contributed by atoms with E-state index in [9.17, 15) is 13.2 Å². The van der Waals surface area contributed by atoms with Gasteiger partial charge < -0.3 is 5.11 Å². The van der Waals surface area contributed by atoms with E-state index in [1.807, 2.05) is 0 Å². The summed E-state index contributed by atoms with van der Waals surface area (Å²) in [4.78, 5) is 10.5. The summed E-state index contributed by atoms with van der Waals surface area (Å²) in [7, 11) is -3.42. The summed E-state index contributed by atoms with van der Waals surface area (Å²) in [5, 5.41) is 8.62. The molecule has 0 unspecified atom stereocenters. The highest BCUT2D eigenvalue weighted by atomic mass is 32.2. The smallest absolute Gasteiger partial charge is 0.303 e. The van der Waals surface area contributed by atoms with Gasteiger partial charge in [-0.2, -0.15) is 13.1 Å². The average molecular weight is 270 g/mol. The molecular weight excluding hydrogens is 256 g/mol. The van der Waals surface area contributed by atoms with Crippen molar-refractivity contribution in [3.05, 3.63) is 29.8 Å². The molecule has 98 valence electrons. The Hall–Kier alpha value is -1.60. The Morgan fingerprint density at radius 2 is 2.22 bits per heavy atom. The summed E-state index contributed by atoms with van der Waals surface area (Å²) in [6, 6.07) is 6.95. The van der Waals surface area contributed by atoms with E-state index in [4.69, 9.17) is 5.11 Å². The van der Waals surface area contributed by atoms with E-state index >= 15 is 0 Å². The number of carboxylic acids is 1. The largest absolute Gasteiger partial charge is 0.481 e. The zero-order valence-corrected chi connectivity index (χ0v) is 10.5. The third-order valence-electron chi connectivity index (χ3n) is 2.72. The van der Waals surface area contributed by atoms with Gasteiger partial charge in [0.1, 0.15) is 0 Å². The molecule has 1 aliphatic heterocycles. The highest BCUT2D eigenvalue weighted by Crippen LogP contribution is 2.21. The van der Waals surface area contributed by atoms with Crippen molar-refractivity contribution in [1.82, 2.24) is 4.72 Å². The van der Waals surface area contributed by atoms with Crippen LogP contribution in [0, 0.1) is 0 Å². The molecule has 0 spiro atoms. The van der Waals surface area contributed by atoms with Gasteiger partial charge in [-0.15, -0.1) is 0 Å². The lowest BCUT2D eigenvalue weighted by Crippen LogP contribution is -2.29. The molecule has 1 fully saturated rings. The molecule has 1 aromatic carbocycles. The van der Waals surface area contributed by atoms with Gasteiger partial charge in [-0.05, 0) is 24.1 Å². The van der Waals surface area contributed by atoms with Gasteiger partial charge in [0.2, 0.25) is 0 Å². The number of anilines is 1. The summed E-state index contributed by atoms with van der Waals surface area (Å²) in [5.74, 6) is -0.865. The fourth-order valence-corrected chi connectivity index (χ4v) is 3.09. The Balaban J connectivity index is 2.19. The Morgan fingerprint density at radius 3 is 2.83 bits per heavy atom. The van der Waals surface area contributed by atoms with Gasteiger partial charge in [0.05, 0.1) is 5.69 Å². The van der Waals surface area contributed by atoms with Crippen LogP contribution in [-0.4, -0.2) is 32.6 Å². The number of carboxylic acid groups (broad SMARTS) is 1. The number of carbonyl (C=O) groups is 1. The first-order valence-corrected chi connectivity index (χ1v) is 7.01. The van der Waals surface area contributed by atoms with Crippen molar-refractivity contribution in [2.45, 2.75) is 12.8 Å². The fourth-order valence-electron chi connectivity index (χ4n) is 1.86. The molecule has 1 aromatic rings. The topological polar surface area (TPSA) is 86.7 Å². The second-order valence-corrected chi connectivity index (χ2v) is 5.71. The predicted octanol–water partition coefficient (Wildman–Crippen LogP) is 0.358. The number of nitrogens with one attached hydrogen (secondary N) is 1. The molecule has 2 N–H and O–H groups in total. The fraction of sp³-hybridized carbons (Fsp3) is 0.364. The molecule has 0 radical (unpaired) electrons. The van der Waals surface area contributed by atoms with Crippen LogP contribution in [0.1, 0.15) is 12.0 Å². The van der Waals surface area contributed by atoms with E-state index in [-0.39, 0.29) is 6.42 Å². The second-order valence-electron chi connectivity index (χ2n) is 4.04. The van der Waals surface area contributed by atoms with Crippen LogP contribution >= 0.6 is 0 Å². The highest BCUT2D eigenvalue weighted by Gasteiger charge is 2.27. The van der Waals surface area contributed by atoms with Crippen LogP contribution in [0.3, 0.4) is 0 Å². The normalized spacial score (nSPS) is 17.9. The zero-order chi connectivity index (χ0) is 13.2. The van der Waals surface area contributed by atoms with Gasteiger partial charge in [-0.25, -0.2) is 0 Å². The van der Waals surface area contributed by atoms with E-state index in [0.717, 1.165) is 5.56 Å². The molecule has 18 heavy (non-hydrogen) atoms. The number of rotatable bonds is 4. The predicted molar refractivity (Wildman–Crippen MR) is 66.7 cm³/mol. The van der Waals surface area contributed by atoms with Crippen molar-refractivity contribution in [2.24, 2.45) is 0 Å². The summed E-state index contributed by atoms with van der Waals surface area (Å²) in [5.41, 5.74) is 1.39. The maximum Gasteiger partial charge on any atom is 0.303 e. The number of aryl methyl sites for hydroxylation is 1. The first-order valence-electron chi connectivity index (χ1n) is 5.57. The molecule has 1 saturated heterocycles. The Bertz CT molecular complexity index is 556. The maximum atomic E-state index is 11.7. The van der Waals surface area contributed by atoms with Gasteiger partial charge in [-0.1, -0.05) is 12.1 Å². The van der Waals surface area contributed by atoms with Gasteiger partial charge in [-0.3, -0.25) is 9.10 Å². The molecule has 1 aliphatic rings. The van der Waals surface area contributed by atoms with Crippen LogP contribution in [0.25, 0.3) is 0 Å². The molecule has 1 heterocycles. The molecule has 0 aliphatic carbocycles. The first kappa shape index (κ1) is 12.8. The minimum absolute atomic E-state index is 0.0362. The van der Waals surface area contributed by atoms with Crippen LogP contribution in [0.5, 0.6) is 0 Å². The van der Waals surface area contributed by atoms with Crippen LogP contribution in [0.15, 0.2) is 24.3 Å². The van der Waals surface area contributed by atoms with E-state index in [1.54, 1.807) is 24.3 Å². The lowest BCUT2D eigenvalue weighted by atomic mass is 10.1. The van der Waals surface area contributed by atoms with Gasteiger partial charge in [0, 0.05) is 19.5 Å². The molecule has 0 amide bonds. The molecule has 7 heteroatoms. The average Bonchev–Trinajstić information content (AvgIpc) is 2.67. The van der Waals surface area contributed by atoms with Gasteiger partial charge in [0.15, 0.2) is 0 Å². The van der Waals surface area contributed by atoms with Crippen LogP contribution in [-0.2, 0) is 21.4 Å². The third kappa shape index (κ3) is 2.80. The third-order valence-corrected chi connectivity index (χ3v) is 4.26. The molecule has 0 bridgehead atoms. The van der Waals surface area contributed by atoms with Gasteiger partial charge in [0.25, 0.3) is 0 Å². The Labute approximate surface area is 105 Å². The van der Waals surface area contributed by atoms with Crippen molar-refractivity contribution in [3.63, 3.8) is 0 Å². The van der Waals surface area contributed by atoms with E-state index < -0.39 is 16.2 Å². The maximum absolute atomic E-state index is 11.7. The second kappa shape index (κ2) is 4.95. The van der Waals surface area contributed by atoms with E-state index in [0.29, 0.717) is 25.2 Å². The molecule has 0 saturated carbocycles. The Morgan fingerprint density at radius 1 is 1.44 bits per heavy atom. The van der Waals surface area contributed by atoms with Crippen LogP contribution < -0.4 is 9.03 Å². The van der Waals surface area contributed by atoms with Crippen LogP contribution in [0.4, 0.5) is 5.69 Å². The van der Waals surface area contributed by atoms with E-state index in [1.165, 1.54) is 4.31 Å². The number of nitrogens with zero attached hydrogens (tertiary/aromatic N) is 1. The minimum Gasteiger partial charge on any atom is -0.481 e. The van der Waals surface area contributed by atoms with Crippen molar-refractivity contribution in [3.8, 4) is 0 Å². The van der Waals surface area contributed by atoms with Gasteiger partial charge >= 0.3 is 16.2 Å². The van der Waals surface area contributed by atoms with Crippen molar-refractivity contribution < 1.29 is 18.3 Å². The Kier molecular flexibility index (Phi) is 3.53. The monoisotopic (exact) mass is 270 g/mol. The molecular formula is C11H14N2O4S. The quantitative estimate of drug-likeness (QED) is 0.827. The standard InChI is InChI=1S/C11H14N2O4S/c14-11(15)5-4-9-2-1-3-10(8-9)13-7-6-12-18(13,16)17/h1-3,8,12H,4-7H2,(H,14,15). The first-order chi connectivity index (χ1) is 8.49. The summed E-state index contributed by atoms with van der Waals surface area (Å²) in [6.07, 6.45) is 0.430. The van der Waals surface area contributed by atoms with Crippen molar-refractivity contribution in [2.75, 3.05) is 17.4 Å². The summed E-state index contributed by atoms with van der Waals surface area (Å²) in [6.45, 7) is 0.784. The summed E-state index contributed by atoms with van der Waals surface area (Å²) < 4.78 is 27.0. The molecule has 0 atom stereocenters. The van der Waals surface area contributed by atoms with E-state index in [2.05, 4.69) is 4.72 Å². The lowest BCUT2D eigenvalue weighted by molar-refractivity contribution is -0.136. The van der Waals surface area contributed by atoms with Crippen molar-refractivity contribution >= 4 is 21.9 Å². The SMILES string of the molecule is O=C(O)CCc1cccc(N2CCNS2(=O)=O)c1. The van der Waals surface area contributed by atoms with Crippen LogP contribution in [0.2, 0.25) is 0 Å². The highest BCUT2D eigenvalue weighted by molar-refractivity contribution is 7.91. The summed E-state index contributed by atoms with van der Waals surface area (Å²) >= 11 is 0. The number of hydrogen-bond donors (Lipinski definition) is 2. The minimum atomic E-state index is -3.42. The number of hydrogen-bond acceptors (Lipinski definition) is 3. The number of aliphatic carboxylic acids is 1. The lowest BCUT2D eigenvalue weighted by Gasteiger charge is -2.16. The molecule has 2 rings (SSSR count). The van der Waals surface area contributed by atoms with Crippen molar-refractivity contribution in [1.29, 1.82) is 0 Å². The zero-order valence-electron chi connectivity index (χ0n) is 9.67. The number of benzene rings is 1. The molecule has 6 nitrogen and oxygen atoms in total. The molecule has 0 aromatic heterocycles.